The van der Waals surface area contributed by atoms with Crippen LogP contribution in [-0.2, 0) is 17.6 Å². The van der Waals surface area contributed by atoms with Gasteiger partial charge in [0.15, 0.2) is 0 Å². The first-order chi connectivity index (χ1) is 16.9. The highest BCUT2D eigenvalue weighted by atomic mass is 16.2. The van der Waals surface area contributed by atoms with Crippen molar-refractivity contribution < 1.29 is 4.79 Å². The minimum atomic E-state index is -0.566. The van der Waals surface area contributed by atoms with Crippen molar-refractivity contribution in [2.75, 3.05) is 0 Å². The zero-order chi connectivity index (χ0) is 24.5. The largest absolute Gasteiger partial charge is 0.348 e. The summed E-state index contributed by atoms with van der Waals surface area (Å²) in [6.45, 7) is 6.31. The Bertz CT molecular complexity index is 1380. The number of carbonyl (C=O) groups excluding carboxylic acids is 1. The molecule has 0 heterocycles. The number of rotatable bonds is 5. The Morgan fingerprint density at radius 1 is 0.914 bits per heavy atom. The van der Waals surface area contributed by atoms with Gasteiger partial charge in [-0.15, -0.1) is 0 Å². The molecule has 4 aromatic carbocycles. The molecular formula is C32H34N2O. The zero-order valence-corrected chi connectivity index (χ0v) is 20.9. The molecule has 1 aliphatic carbocycles. The van der Waals surface area contributed by atoms with Crippen molar-refractivity contribution in [3.8, 4) is 11.1 Å². The highest BCUT2D eigenvalue weighted by Crippen LogP contribution is 2.34. The van der Waals surface area contributed by atoms with E-state index in [9.17, 15) is 4.79 Å². The molecule has 1 amide bonds. The summed E-state index contributed by atoms with van der Waals surface area (Å²) in [5.41, 5.74) is 16.2. The van der Waals surface area contributed by atoms with E-state index in [1.165, 1.54) is 55.3 Å². The Hall–Kier alpha value is -3.43. The third-order valence-corrected chi connectivity index (χ3v) is 7.46. The molecule has 4 aromatic rings. The predicted octanol–water partition coefficient (Wildman–Crippen LogP) is 6.50. The highest BCUT2D eigenvalue weighted by molar-refractivity contribution is 5.87. The summed E-state index contributed by atoms with van der Waals surface area (Å²) in [5, 5.41) is 5.77. The average molecular weight is 463 g/mol. The molecule has 3 heteroatoms. The first-order valence-electron chi connectivity index (χ1n) is 12.6. The molecule has 3 nitrogen and oxygen atoms in total. The van der Waals surface area contributed by atoms with E-state index in [1.54, 1.807) is 0 Å². The number of nitrogens with one attached hydrogen (secondary N) is 1. The number of carbonyl (C=O) groups is 1. The molecule has 3 N–H and O–H groups in total. The van der Waals surface area contributed by atoms with Gasteiger partial charge in [0.05, 0.1) is 12.1 Å². The van der Waals surface area contributed by atoms with Gasteiger partial charge >= 0.3 is 0 Å². The van der Waals surface area contributed by atoms with Crippen LogP contribution in [0.2, 0.25) is 0 Å². The van der Waals surface area contributed by atoms with Crippen LogP contribution in [0.4, 0.5) is 0 Å². The van der Waals surface area contributed by atoms with Crippen molar-refractivity contribution in [1.82, 2.24) is 5.32 Å². The molecule has 0 saturated heterocycles. The number of fused-ring (bicyclic) bond motifs is 2. The van der Waals surface area contributed by atoms with E-state index in [4.69, 9.17) is 5.73 Å². The van der Waals surface area contributed by atoms with Crippen LogP contribution < -0.4 is 11.1 Å². The Balaban J connectivity index is 1.37. The summed E-state index contributed by atoms with van der Waals surface area (Å²) in [6, 6.07) is 25.5. The number of aryl methyl sites for hydroxylation is 4. The minimum Gasteiger partial charge on any atom is -0.348 e. The van der Waals surface area contributed by atoms with E-state index in [0.29, 0.717) is 6.42 Å². The van der Waals surface area contributed by atoms with Crippen LogP contribution in [0.1, 0.15) is 52.3 Å². The maximum Gasteiger partial charge on any atom is 0.237 e. The van der Waals surface area contributed by atoms with Gasteiger partial charge in [-0.25, -0.2) is 0 Å². The van der Waals surface area contributed by atoms with Gasteiger partial charge in [0.2, 0.25) is 5.91 Å². The van der Waals surface area contributed by atoms with Gasteiger partial charge < -0.3 is 11.1 Å². The van der Waals surface area contributed by atoms with Gasteiger partial charge in [0.25, 0.3) is 0 Å². The first-order valence-corrected chi connectivity index (χ1v) is 12.6. The van der Waals surface area contributed by atoms with Crippen LogP contribution in [0, 0.1) is 20.8 Å². The molecular weight excluding hydrogens is 428 g/mol. The van der Waals surface area contributed by atoms with Crippen LogP contribution in [0.3, 0.4) is 0 Å². The Labute approximate surface area is 208 Å². The van der Waals surface area contributed by atoms with Crippen molar-refractivity contribution in [3.05, 3.63) is 106 Å². The third kappa shape index (κ3) is 4.87. The minimum absolute atomic E-state index is 0.00193. The Morgan fingerprint density at radius 3 is 2.37 bits per heavy atom. The van der Waals surface area contributed by atoms with Gasteiger partial charge in [-0.2, -0.15) is 0 Å². The standard InChI is InChI=1S/C32H34N2O/c1-20-15-21(2)28(22(3)16-20)19-30(33)32(35)34-31-10-6-9-24-12-14-27(18-29(24)31)26-13-11-23-7-4-5-8-25(23)17-26/h4-5,7-8,11-18,30-31H,6,9-10,19,33H2,1-3H3,(H,34,35). The molecule has 1 aliphatic rings. The molecule has 2 atom stereocenters. The van der Waals surface area contributed by atoms with Crippen molar-refractivity contribution in [2.45, 2.75) is 58.5 Å². The van der Waals surface area contributed by atoms with Crippen molar-refractivity contribution >= 4 is 16.7 Å². The molecule has 2 unspecified atom stereocenters. The lowest BCUT2D eigenvalue weighted by Crippen LogP contribution is -2.44. The highest BCUT2D eigenvalue weighted by Gasteiger charge is 2.25. The fraction of sp³-hybridized carbons (Fsp3) is 0.281. The molecule has 0 bridgehead atoms. The van der Waals surface area contributed by atoms with Crippen LogP contribution in [-0.4, -0.2) is 11.9 Å². The summed E-state index contributed by atoms with van der Waals surface area (Å²) in [7, 11) is 0. The monoisotopic (exact) mass is 462 g/mol. The second-order valence-corrected chi connectivity index (χ2v) is 10.1. The summed E-state index contributed by atoms with van der Waals surface area (Å²) in [5.74, 6) is -0.0710. The van der Waals surface area contributed by atoms with E-state index in [-0.39, 0.29) is 11.9 Å². The molecule has 0 radical (unpaired) electrons. The lowest BCUT2D eigenvalue weighted by Gasteiger charge is -2.28. The number of hydrogen-bond acceptors (Lipinski definition) is 2. The van der Waals surface area contributed by atoms with E-state index >= 15 is 0 Å². The van der Waals surface area contributed by atoms with Gasteiger partial charge in [-0.1, -0.05) is 66.2 Å². The SMILES string of the molecule is Cc1cc(C)c(CC(N)C(=O)NC2CCCc3ccc(-c4ccc5ccccc5c4)cc32)c(C)c1. The molecule has 0 saturated carbocycles. The number of nitrogens with two attached hydrogens (primary N) is 1. The van der Waals surface area contributed by atoms with Crippen LogP contribution in [0.15, 0.2) is 72.8 Å². The van der Waals surface area contributed by atoms with E-state index in [1.807, 2.05) is 0 Å². The molecule has 0 spiro atoms. The van der Waals surface area contributed by atoms with Gasteiger partial charge in [0.1, 0.15) is 0 Å². The normalized spacial score (nSPS) is 16.1. The van der Waals surface area contributed by atoms with E-state index in [0.717, 1.165) is 19.3 Å². The molecule has 0 fully saturated rings. The van der Waals surface area contributed by atoms with Crippen LogP contribution in [0.25, 0.3) is 21.9 Å². The van der Waals surface area contributed by atoms with Crippen LogP contribution in [0.5, 0.6) is 0 Å². The number of amides is 1. The topological polar surface area (TPSA) is 55.1 Å². The lowest BCUT2D eigenvalue weighted by atomic mass is 9.85. The summed E-state index contributed by atoms with van der Waals surface area (Å²) in [6.07, 6.45) is 3.61. The van der Waals surface area contributed by atoms with Gasteiger partial charge in [-0.05, 0) is 108 Å². The second kappa shape index (κ2) is 9.67. The number of hydrogen-bond donors (Lipinski definition) is 2. The number of benzene rings is 4. The average Bonchev–Trinajstić information content (AvgIpc) is 2.85. The Kier molecular flexibility index (Phi) is 6.44. The van der Waals surface area contributed by atoms with Gasteiger partial charge in [0, 0.05) is 0 Å². The van der Waals surface area contributed by atoms with E-state index < -0.39 is 6.04 Å². The fourth-order valence-electron chi connectivity index (χ4n) is 5.62. The second-order valence-electron chi connectivity index (χ2n) is 10.1. The fourth-order valence-corrected chi connectivity index (χ4v) is 5.62. The first kappa shape index (κ1) is 23.3. The van der Waals surface area contributed by atoms with Crippen molar-refractivity contribution in [2.24, 2.45) is 5.73 Å². The van der Waals surface area contributed by atoms with Crippen LogP contribution >= 0.6 is 0 Å². The van der Waals surface area contributed by atoms with Crippen molar-refractivity contribution in [1.29, 1.82) is 0 Å². The summed E-state index contributed by atoms with van der Waals surface area (Å²) >= 11 is 0. The summed E-state index contributed by atoms with van der Waals surface area (Å²) < 4.78 is 0. The van der Waals surface area contributed by atoms with Gasteiger partial charge in [-0.3, -0.25) is 4.79 Å². The smallest absolute Gasteiger partial charge is 0.237 e. The predicted molar refractivity (Wildman–Crippen MR) is 146 cm³/mol. The zero-order valence-electron chi connectivity index (χ0n) is 20.9. The Morgan fingerprint density at radius 2 is 1.60 bits per heavy atom. The quantitative estimate of drug-likeness (QED) is 0.356. The maximum absolute atomic E-state index is 13.2. The lowest BCUT2D eigenvalue weighted by molar-refractivity contribution is -0.123. The third-order valence-electron chi connectivity index (χ3n) is 7.46. The summed E-state index contributed by atoms with van der Waals surface area (Å²) in [4.78, 5) is 13.2. The molecule has 178 valence electrons. The van der Waals surface area contributed by atoms with Crippen molar-refractivity contribution in [3.63, 3.8) is 0 Å². The molecule has 5 rings (SSSR count). The molecule has 0 aromatic heterocycles. The molecule has 35 heavy (non-hydrogen) atoms. The van der Waals surface area contributed by atoms with E-state index in [2.05, 4.69) is 98.9 Å². The molecule has 0 aliphatic heterocycles. The maximum atomic E-state index is 13.2.